The molecule has 0 saturated carbocycles. The van der Waals surface area contributed by atoms with Crippen molar-refractivity contribution in [3.8, 4) is 33.8 Å². The minimum atomic E-state index is -3.02. The van der Waals surface area contributed by atoms with Gasteiger partial charge in [0.05, 0.1) is 11.4 Å². The molecule has 0 amide bonds. The number of aromatic nitrogens is 2. The molecule has 0 fully saturated rings. The van der Waals surface area contributed by atoms with Crippen LogP contribution < -0.4 is 4.74 Å². The standard InChI is InChI=1S/C32H23ClF2N2O3/c33-27-16-17-29(40-32(34)35)26(19-27)21-39-30(38)18-15-25-20-37(28-9-5-2-6-10-28)36-31(25)24-13-11-23(12-14-24)22-7-3-1-4-8-22/h1-20,32H,21H2. The highest BCUT2D eigenvalue weighted by atomic mass is 35.5. The van der Waals surface area contributed by atoms with E-state index in [1.54, 1.807) is 10.8 Å². The molecule has 4 aromatic carbocycles. The summed E-state index contributed by atoms with van der Waals surface area (Å²) in [5, 5.41) is 5.09. The van der Waals surface area contributed by atoms with E-state index in [-0.39, 0.29) is 17.9 Å². The topological polar surface area (TPSA) is 53.4 Å². The van der Waals surface area contributed by atoms with Crippen molar-refractivity contribution < 1.29 is 23.0 Å². The van der Waals surface area contributed by atoms with E-state index in [2.05, 4.69) is 4.74 Å². The van der Waals surface area contributed by atoms with Crippen LogP contribution in [0.25, 0.3) is 34.1 Å². The number of carbonyl (C=O) groups excluding carboxylic acids is 1. The highest BCUT2D eigenvalue weighted by molar-refractivity contribution is 6.30. The third-order valence-electron chi connectivity index (χ3n) is 6.04. The van der Waals surface area contributed by atoms with Crippen LogP contribution in [0.5, 0.6) is 5.75 Å². The van der Waals surface area contributed by atoms with E-state index < -0.39 is 12.6 Å². The van der Waals surface area contributed by atoms with E-state index in [0.29, 0.717) is 16.3 Å². The van der Waals surface area contributed by atoms with Crippen LogP contribution >= 0.6 is 11.6 Å². The van der Waals surface area contributed by atoms with Crippen LogP contribution in [-0.2, 0) is 16.1 Å². The Bertz CT molecular complexity index is 1620. The van der Waals surface area contributed by atoms with E-state index in [0.717, 1.165) is 22.4 Å². The van der Waals surface area contributed by atoms with E-state index in [1.807, 2.05) is 91.1 Å². The van der Waals surface area contributed by atoms with Crippen molar-refractivity contribution in [1.82, 2.24) is 9.78 Å². The number of ether oxygens (including phenoxy) is 2. The van der Waals surface area contributed by atoms with Gasteiger partial charge in [0.15, 0.2) is 0 Å². The molecular formula is C32H23ClF2N2O3. The van der Waals surface area contributed by atoms with Gasteiger partial charge in [-0.05, 0) is 47.5 Å². The number of esters is 1. The second-order valence-electron chi connectivity index (χ2n) is 8.73. The summed E-state index contributed by atoms with van der Waals surface area (Å²) in [6.07, 6.45) is 4.71. The van der Waals surface area contributed by atoms with Crippen molar-refractivity contribution in [2.75, 3.05) is 0 Å². The Morgan fingerprint density at radius 2 is 1.52 bits per heavy atom. The lowest BCUT2D eigenvalue weighted by Crippen LogP contribution is -2.07. The Balaban J connectivity index is 1.38. The zero-order valence-electron chi connectivity index (χ0n) is 21.1. The molecule has 40 heavy (non-hydrogen) atoms. The van der Waals surface area contributed by atoms with Gasteiger partial charge in [0.2, 0.25) is 0 Å². The van der Waals surface area contributed by atoms with E-state index >= 15 is 0 Å². The number of alkyl halides is 2. The van der Waals surface area contributed by atoms with Crippen LogP contribution in [0, 0.1) is 0 Å². The summed E-state index contributed by atoms with van der Waals surface area (Å²) in [5.74, 6) is -0.776. The predicted molar refractivity (Wildman–Crippen MR) is 151 cm³/mol. The molecule has 0 saturated heterocycles. The highest BCUT2D eigenvalue weighted by Gasteiger charge is 2.14. The van der Waals surface area contributed by atoms with Crippen LogP contribution in [0.2, 0.25) is 5.02 Å². The fraction of sp³-hybridized carbons (Fsp3) is 0.0625. The Kier molecular flexibility index (Phi) is 8.32. The number of benzene rings is 4. The zero-order valence-corrected chi connectivity index (χ0v) is 21.8. The lowest BCUT2D eigenvalue weighted by molar-refractivity contribution is -0.139. The molecule has 0 aliphatic heterocycles. The average Bonchev–Trinajstić information content (AvgIpc) is 3.41. The fourth-order valence-corrected chi connectivity index (χ4v) is 4.32. The smallest absolute Gasteiger partial charge is 0.387 e. The molecule has 200 valence electrons. The summed E-state index contributed by atoms with van der Waals surface area (Å²) in [5.41, 5.74) is 5.50. The number of nitrogens with zero attached hydrogens (tertiary/aromatic N) is 2. The number of hydrogen-bond acceptors (Lipinski definition) is 4. The van der Waals surface area contributed by atoms with Gasteiger partial charge in [-0.15, -0.1) is 0 Å². The molecule has 5 nitrogen and oxygen atoms in total. The second-order valence-corrected chi connectivity index (χ2v) is 9.16. The minimum Gasteiger partial charge on any atom is -0.458 e. The molecule has 5 aromatic rings. The molecule has 8 heteroatoms. The number of halogens is 3. The lowest BCUT2D eigenvalue weighted by Gasteiger charge is -2.11. The molecule has 1 heterocycles. The van der Waals surface area contributed by atoms with E-state index in [4.69, 9.17) is 21.4 Å². The summed E-state index contributed by atoms with van der Waals surface area (Å²) < 4.78 is 37.0. The Labute approximate surface area is 234 Å². The molecule has 0 spiro atoms. The first-order valence-electron chi connectivity index (χ1n) is 12.4. The largest absolute Gasteiger partial charge is 0.458 e. The van der Waals surface area contributed by atoms with Crippen molar-refractivity contribution >= 4 is 23.6 Å². The predicted octanol–water partition coefficient (Wildman–Crippen LogP) is 8.22. The first-order valence-corrected chi connectivity index (χ1v) is 12.7. The summed E-state index contributed by atoms with van der Waals surface area (Å²) in [6.45, 7) is -3.31. The molecule has 0 aliphatic carbocycles. The number of hydrogen-bond donors (Lipinski definition) is 0. The van der Waals surface area contributed by atoms with Crippen molar-refractivity contribution in [1.29, 1.82) is 0 Å². The second kappa shape index (κ2) is 12.4. The van der Waals surface area contributed by atoms with E-state index in [1.165, 1.54) is 24.3 Å². The van der Waals surface area contributed by atoms with Gasteiger partial charge < -0.3 is 9.47 Å². The van der Waals surface area contributed by atoms with Gasteiger partial charge >= 0.3 is 12.6 Å². The summed E-state index contributed by atoms with van der Waals surface area (Å²) in [6, 6.07) is 31.8. The average molecular weight is 557 g/mol. The summed E-state index contributed by atoms with van der Waals surface area (Å²) >= 11 is 5.98. The molecule has 5 rings (SSSR count). The third kappa shape index (κ3) is 6.62. The molecule has 0 aliphatic rings. The fourth-order valence-electron chi connectivity index (χ4n) is 4.12. The van der Waals surface area contributed by atoms with Gasteiger partial charge in [0.1, 0.15) is 12.4 Å². The normalized spacial score (nSPS) is 11.2. The van der Waals surface area contributed by atoms with Crippen molar-refractivity contribution in [2.45, 2.75) is 13.2 Å². The Morgan fingerprint density at radius 3 is 2.23 bits per heavy atom. The van der Waals surface area contributed by atoms with Crippen LogP contribution in [0.4, 0.5) is 8.78 Å². The zero-order chi connectivity index (χ0) is 27.9. The van der Waals surface area contributed by atoms with Crippen LogP contribution in [-0.4, -0.2) is 22.4 Å². The maximum atomic E-state index is 12.7. The van der Waals surface area contributed by atoms with Crippen molar-refractivity contribution in [2.24, 2.45) is 0 Å². The van der Waals surface area contributed by atoms with E-state index in [9.17, 15) is 13.6 Å². The maximum Gasteiger partial charge on any atom is 0.387 e. The highest BCUT2D eigenvalue weighted by Crippen LogP contribution is 2.29. The summed E-state index contributed by atoms with van der Waals surface area (Å²) in [4.78, 5) is 12.6. The SMILES string of the molecule is O=C(C=Cc1cn(-c2ccccc2)nc1-c1ccc(-c2ccccc2)cc1)OCc1cc(Cl)ccc1OC(F)F. The first-order chi connectivity index (χ1) is 19.5. The molecule has 0 unspecified atom stereocenters. The van der Waals surface area contributed by atoms with Crippen molar-refractivity contribution in [3.05, 3.63) is 132 Å². The number of rotatable bonds is 9. The third-order valence-corrected chi connectivity index (χ3v) is 6.27. The molecule has 0 atom stereocenters. The number of carbonyl (C=O) groups is 1. The molecular weight excluding hydrogens is 534 g/mol. The molecule has 0 bridgehead atoms. The minimum absolute atomic E-state index is 0.110. The van der Waals surface area contributed by atoms with Gasteiger partial charge in [0.25, 0.3) is 0 Å². The Hall–Kier alpha value is -4.75. The van der Waals surface area contributed by atoms with Crippen molar-refractivity contribution in [3.63, 3.8) is 0 Å². The monoisotopic (exact) mass is 556 g/mol. The van der Waals surface area contributed by atoms with Crippen LogP contribution in [0.15, 0.2) is 115 Å². The molecule has 0 N–H and O–H groups in total. The Morgan fingerprint density at radius 1 is 0.875 bits per heavy atom. The van der Waals surface area contributed by atoms with Gasteiger partial charge in [-0.25, -0.2) is 9.48 Å². The quantitative estimate of drug-likeness (QED) is 0.136. The van der Waals surface area contributed by atoms with Crippen LogP contribution in [0.3, 0.4) is 0 Å². The number of para-hydroxylation sites is 1. The van der Waals surface area contributed by atoms with Gasteiger partial charge in [-0.1, -0.05) is 84.4 Å². The van der Waals surface area contributed by atoms with Gasteiger partial charge in [-0.3, -0.25) is 0 Å². The summed E-state index contributed by atoms with van der Waals surface area (Å²) in [7, 11) is 0. The maximum absolute atomic E-state index is 12.7. The van der Waals surface area contributed by atoms with Gasteiger partial charge in [0, 0.05) is 34.0 Å². The first kappa shape index (κ1) is 26.8. The molecule has 1 aromatic heterocycles. The van der Waals surface area contributed by atoms with Crippen LogP contribution in [0.1, 0.15) is 11.1 Å². The lowest BCUT2D eigenvalue weighted by atomic mass is 10.0. The molecule has 0 radical (unpaired) electrons. The van der Waals surface area contributed by atoms with Gasteiger partial charge in [-0.2, -0.15) is 13.9 Å².